The summed E-state index contributed by atoms with van der Waals surface area (Å²) in [5.74, 6) is 0. The summed E-state index contributed by atoms with van der Waals surface area (Å²) in [6.07, 6.45) is 0.850. The number of anilines is 1. The van der Waals surface area contributed by atoms with Crippen molar-refractivity contribution in [2.24, 2.45) is 0 Å². The van der Waals surface area contributed by atoms with E-state index < -0.39 is 0 Å². The van der Waals surface area contributed by atoms with Crippen molar-refractivity contribution in [2.45, 2.75) is 6.42 Å². The molecule has 18 heavy (non-hydrogen) atoms. The molecule has 2 aromatic rings. The van der Waals surface area contributed by atoms with Crippen LogP contribution in [0, 0.1) is 10.1 Å². The Balaban J connectivity index is 1.96. The van der Waals surface area contributed by atoms with Gasteiger partial charge in [-0.25, -0.2) is 0 Å². The van der Waals surface area contributed by atoms with Crippen LogP contribution in [0.5, 0.6) is 0 Å². The fraction of sp³-hybridized carbons (Fsp3) is 0.167. The third-order valence-corrected chi connectivity index (χ3v) is 4.10. The van der Waals surface area contributed by atoms with Crippen molar-refractivity contribution in [3.8, 4) is 0 Å². The molecule has 0 atom stereocenters. The molecule has 0 radical (unpaired) electrons. The molecule has 0 fully saturated rings. The summed E-state index contributed by atoms with van der Waals surface area (Å²) in [5.41, 5.74) is 0.683. The van der Waals surface area contributed by atoms with Gasteiger partial charge in [0.2, 0.25) is 0 Å². The fourth-order valence-electron chi connectivity index (χ4n) is 1.59. The standard InChI is InChI=1S/C12H11BrN2O2S/c13-12-6-5-9(18-12)7-8-14-10-3-1-2-4-11(10)15(16)17/h1-6,14H,7-8H2. The highest BCUT2D eigenvalue weighted by Gasteiger charge is 2.11. The van der Waals surface area contributed by atoms with E-state index in [9.17, 15) is 10.1 Å². The van der Waals surface area contributed by atoms with Crippen LogP contribution < -0.4 is 5.32 Å². The Morgan fingerprint density at radius 3 is 2.72 bits per heavy atom. The molecule has 6 heteroatoms. The normalized spacial score (nSPS) is 10.3. The molecule has 0 unspecified atom stereocenters. The molecular weight excluding hydrogens is 316 g/mol. The largest absolute Gasteiger partial charge is 0.379 e. The number of nitrogens with one attached hydrogen (secondary N) is 1. The van der Waals surface area contributed by atoms with Crippen LogP contribution in [-0.4, -0.2) is 11.5 Å². The number of benzene rings is 1. The number of para-hydroxylation sites is 2. The van der Waals surface area contributed by atoms with Gasteiger partial charge in [0.05, 0.1) is 8.71 Å². The lowest BCUT2D eigenvalue weighted by molar-refractivity contribution is -0.384. The zero-order valence-electron chi connectivity index (χ0n) is 9.43. The van der Waals surface area contributed by atoms with Crippen molar-refractivity contribution in [3.05, 3.63) is 55.2 Å². The van der Waals surface area contributed by atoms with Crippen molar-refractivity contribution < 1.29 is 4.92 Å². The van der Waals surface area contributed by atoms with E-state index in [1.54, 1.807) is 29.5 Å². The molecule has 1 heterocycles. The number of nitro benzene ring substituents is 1. The molecule has 1 aromatic carbocycles. The zero-order valence-corrected chi connectivity index (χ0v) is 11.8. The Kier molecular flexibility index (Phi) is 4.33. The average molecular weight is 327 g/mol. The molecule has 1 aromatic heterocycles. The second-order valence-corrected chi connectivity index (χ2v) is 6.20. The van der Waals surface area contributed by atoms with Crippen LogP contribution in [0.25, 0.3) is 0 Å². The average Bonchev–Trinajstić information content (AvgIpc) is 2.75. The SMILES string of the molecule is O=[N+]([O-])c1ccccc1NCCc1ccc(Br)s1. The van der Waals surface area contributed by atoms with E-state index in [1.807, 2.05) is 6.07 Å². The van der Waals surface area contributed by atoms with E-state index in [-0.39, 0.29) is 10.6 Å². The maximum atomic E-state index is 10.8. The molecule has 1 N–H and O–H groups in total. The summed E-state index contributed by atoms with van der Waals surface area (Å²) in [6.45, 7) is 0.678. The maximum absolute atomic E-state index is 10.8. The molecule has 0 bridgehead atoms. The summed E-state index contributed by atoms with van der Waals surface area (Å²) in [5, 5.41) is 13.9. The lowest BCUT2D eigenvalue weighted by atomic mass is 10.2. The van der Waals surface area contributed by atoms with Crippen LogP contribution in [0.3, 0.4) is 0 Å². The molecule has 0 aliphatic heterocycles. The molecule has 0 aliphatic carbocycles. The minimum atomic E-state index is -0.371. The number of nitrogens with zero attached hydrogens (tertiary/aromatic N) is 1. The van der Waals surface area contributed by atoms with Gasteiger partial charge in [-0.05, 0) is 40.5 Å². The molecule has 94 valence electrons. The van der Waals surface area contributed by atoms with Crippen LogP contribution in [0.1, 0.15) is 4.88 Å². The van der Waals surface area contributed by atoms with Crippen LogP contribution in [0.2, 0.25) is 0 Å². The first-order valence-electron chi connectivity index (χ1n) is 5.38. The highest BCUT2D eigenvalue weighted by atomic mass is 79.9. The second-order valence-electron chi connectivity index (χ2n) is 3.66. The van der Waals surface area contributed by atoms with Crippen molar-refractivity contribution >= 4 is 38.6 Å². The summed E-state index contributed by atoms with van der Waals surface area (Å²) in [6, 6.07) is 10.7. The predicted molar refractivity (Wildman–Crippen MR) is 77.3 cm³/mol. The Hall–Kier alpha value is -1.40. The molecule has 0 amide bonds. The van der Waals surface area contributed by atoms with Gasteiger partial charge in [-0.2, -0.15) is 0 Å². The maximum Gasteiger partial charge on any atom is 0.292 e. The first-order chi connectivity index (χ1) is 8.66. The van der Waals surface area contributed by atoms with E-state index in [1.165, 1.54) is 10.9 Å². The summed E-state index contributed by atoms with van der Waals surface area (Å²) in [7, 11) is 0. The van der Waals surface area contributed by atoms with Gasteiger partial charge < -0.3 is 5.32 Å². The number of rotatable bonds is 5. The first kappa shape index (κ1) is 13.0. The Morgan fingerprint density at radius 1 is 1.28 bits per heavy atom. The first-order valence-corrected chi connectivity index (χ1v) is 6.99. The van der Waals surface area contributed by atoms with Crippen LogP contribution in [0.15, 0.2) is 40.2 Å². The van der Waals surface area contributed by atoms with Crippen molar-refractivity contribution in [2.75, 3.05) is 11.9 Å². The third-order valence-electron chi connectivity index (χ3n) is 2.42. The Morgan fingerprint density at radius 2 is 2.06 bits per heavy atom. The summed E-state index contributed by atoms with van der Waals surface area (Å²) in [4.78, 5) is 11.7. The van der Waals surface area contributed by atoms with Crippen LogP contribution in [0.4, 0.5) is 11.4 Å². The van der Waals surface area contributed by atoms with Crippen molar-refractivity contribution in [1.29, 1.82) is 0 Å². The van der Waals surface area contributed by atoms with Gasteiger partial charge in [0, 0.05) is 17.5 Å². The van der Waals surface area contributed by atoms with Gasteiger partial charge >= 0.3 is 0 Å². The monoisotopic (exact) mass is 326 g/mol. The molecule has 0 saturated carbocycles. The lowest BCUT2D eigenvalue weighted by Gasteiger charge is -2.05. The number of hydrogen-bond donors (Lipinski definition) is 1. The van der Waals surface area contributed by atoms with E-state index >= 15 is 0 Å². The number of nitro groups is 1. The Bertz CT molecular complexity index is 557. The lowest BCUT2D eigenvalue weighted by Crippen LogP contribution is -2.05. The van der Waals surface area contributed by atoms with E-state index in [0.29, 0.717) is 12.2 Å². The summed E-state index contributed by atoms with van der Waals surface area (Å²) < 4.78 is 1.10. The topological polar surface area (TPSA) is 55.2 Å². The smallest absolute Gasteiger partial charge is 0.292 e. The van der Waals surface area contributed by atoms with Gasteiger partial charge in [0.15, 0.2) is 0 Å². The minimum absolute atomic E-state index is 0.116. The zero-order chi connectivity index (χ0) is 13.0. The molecule has 4 nitrogen and oxygen atoms in total. The third kappa shape index (κ3) is 3.30. The molecular formula is C12H11BrN2O2S. The number of thiophene rings is 1. The molecule has 0 spiro atoms. The molecule has 0 aliphatic rings. The van der Waals surface area contributed by atoms with Crippen molar-refractivity contribution in [1.82, 2.24) is 0 Å². The van der Waals surface area contributed by atoms with Gasteiger partial charge in [0.1, 0.15) is 5.69 Å². The molecule has 2 rings (SSSR count). The van der Waals surface area contributed by atoms with Gasteiger partial charge in [0.25, 0.3) is 5.69 Å². The number of halogens is 1. The number of hydrogen-bond acceptors (Lipinski definition) is 4. The van der Waals surface area contributed by atoms with E-state index in [2.05, 4.69) is 27.3 Å². The van der Waals surface area contributed by atoms with Gasteiger partial charge in [-0.15, -0.1) is 11.3 Å². The van der Waals surface area contributed by atoms with E-state index in [0.717, 1.165) is 10.2 Å². The quantitative estimate of drug-likeness (QED) is 0.665. The highest BCUT2D eigenvalue weighted by molar-refractivity contribution is 9.11. The van der Waals surface area contributed by atoms with Crippen LogP contribution >= 0.6 is 27.3 Å². The van der Waals surface area contributed by atoms with E-state index in [4.69, 9.17) is 0 Å². The van der Waals surface area contributed by atoms with Crippen LogP contribution in [-0.2, 0) is 6.42 Å². The van der Waals surface area contributed by atoms with Gasteiger partial charge in [-0.1, -0.05) is 12.1 Å². The fourth-order valence-corrected chi connectivity index (χ4v) is 3.07. The highest BCUT2D eigenvalue weighted by Crippen LogP contribution is 2.24. The van der Waals surface area contributed by atoms with Gasteiger partial charge in [-0.3, -0.25) is 10.1 Å². The Labute approximate surface area is 117 Å². The van der Waals surface area contributed by atoms with Crippen molar-refractivity contribution in [3.63, 3.8) is 0 Å². The molecule has 0 saturated heterocycles. The second kappa shape index (κ2) is 5.97. The predicted octanol–water partition coefficient (Wildman–Crippen LogP) is 4.07. The summed E-state index contributed by atoms with van der Waals surface area (Å²) >= 11 is 5.08. The minimum Gasteiger partial charge on any atom is -0.379 e.